The third kappa shape index (κ3) is 12.6. The second-order valence-corrected chi connectivity index (χ2v) is 7.95. The van der Waals surface area contributed by atoms with E-state index in [2.05, 4.69) is 15.4 Å². The van der Waals surface area contributed by atoms with E-state index < -0.39 is 41.1 Å². The Balaban J connectivity index is 4.46. The first kappa shape index (κ1) is 24.7. The molecule has 0 aromatic rings. The summed E-state index contributed by atoms with van der Waals surface area (Å²) in [5.74, 6) is -3.04. The van der Waals surface area contributed by atoms with E-state index in [1.165, 1.54) is 7.11 Å². The van der Waals surface area contributed by atoms with Gasteiger partial charge in [0.05, 0.1) is 7.11 Å². The van der Waals surface area contributed by atoms with E-state index in [1.807, 2.05) is 0 Å². The van der Waals surface area contributed by atoms with Crippen molar-refractivity contribution in [1.82, 2.24) is 10.6 Å². The van der Waals surface area contributed by atoms with Gasteiger partial charge in [0.15, 0.2) is 0 Å². The Labute approximate surface area is 160 Å². The molecule has 0 rings (SSSR count). The summed E-state index contributed by atoms with van der Waals surface area (Å²) < 4.78 is 14.8. The van der Waals surface area contributed by atoms with Gasteiger partial charge in [-0.2, -0.15) is 0 Å². The molecule has 9 nitrogen and oxygen atoms in total. The molecule has 2 amide bonds. The number of hydrogen-bond donors (Lipinski definition) is 2. The molecule has 0 aliphatic carbocycles. The summed E-state index contributed by atoms with van der Waals surface area (Å²) >= 11 is 0. The lowest BCUT2D eigenvalue weighted by Crippen LogP contribution is -2.41. The zero-order valence-corrected chi connectivity index (χ0v) is 17.3. The van der Waals surface area contributed by atoms with Crippen molar-refractivity contribution in [1.29, 1.82) is 0 Å². The Hall–Kier alpha value is -2.32. The molecule has 0 aliphatic heterocycles. The van der Waals surface area contributed by atoms with Crippen molar-refractivity contribution in [3.05, 3.63) is 0 Å². The maximum Gasteiger partial charge on any atom is 0.407 e. The first-order chi connectivity index (χ1) is 12.2. The third-order valence-corrected chi connectivity index (χ3v) is 2.97. The zero-order chi connectivity index (χ0) is 21.3. The second-order valence-electron chi connectivity index (χ2n) is 7.95. The average Bonchev–Trinajstić information content (AvgIpc) is 2.48. The van der Waals surface area contributed by atoms with Crippen LogP contribution in [0.2, 0.25) is 0 Å². The van der Waals surface area contributed by atoms with Crippen molar-refractivity contribution in [3.8, 4) is 0 Å². The van der Waals surface area contributed by atoms with Gasteiger partial charge in [-0.1, -0.05) is 0 Å². The Morgan fingerprint density at radius 2 is 1.44 bits per heavy atom. The van der Waals surface area contributed by atoms with Crippen LogP contribution in [0.15, 0.2) is 0 Å². The molecule has 2 N–H and O–H groups in total. The highest BCUT2D eigenvalue weighted by atomic mass is 16.6. The molecule has 9 heteroatoms. The van der Waals surface area contributed by atoms with Gasteiger partial charge in [0.2, 0.25) is 5.91 Å². The van der Waals surface area contributed by atoms with Crippen LogP contribution in [0.4, 0.5) is 4.79 Å². The van der Waals surface area contributed by atoms with Crippen LogP contribution in [0, 0.1) is 5.92 Å². The number of rotatable bonds is 8. The first-order valence-electron chi connectivity index (χ1n) is 8.79. The quantitative estimate of drug-likeness (QED) is 0.280. The highest BCUT2D eigenvalue weighted by molar-refractivity contribution is 5.98. The molecule has 0 spiro atoms. The summed E-state index contributed by atoms with van der Waals surface area (Å²) in [6.07, 6.45) is -0.0897. The van der Waals surface area contributed by atoms with E-state index in [4.69, 9.17) is 9.47 Å². The number of carbonyl (C=O) groups excluding carboxylic acids is 4. The van der Waals surface area contributed by atoms with E-state index in [1.54, 1.807) is 41.5 Å². The predicted octanol–water partition coefficient (Wildman–Crippen LogP) is 1.54. The molecular weight excluding hydrogens is 356 g/mol. The molecule has 0 radical (unpaired) electrons. The molecule has 0 aromatic carbocycles. The SMILES string of the molecule is COC(=O)C(CCCNC(=O)OC(C)(C)C)C(=O)NCC(=O)OC(C)(C)C. The van der Waals surface area contributed by atoms with Gasteiger partial charge in [-0.25, -0.2) is 4.79 Å². The average molecular weight is 388 g/mol. The summed E-state index contributed by atoms with van der Waals surface area (Å²) in [5, 5.41) is 4.92. The van der Waals surface area contributed by atoms with E-state index in [0.717, 1.165) is 0 Å². The van der Waals surface area contributed by atoms with Gasteiger partial charge < -0.3 is 24.8 Å². The Bertz CT molecular complexity index is 533. The molecule has 27 heavy (non-hydrogen) atoms. The number of amides is 2. The number of carbonyl (C=O) groups is 4. The highest BCUT2D eigenvalue weighted by Gasteiger charge is 2.28. The minimum atomic E-state index is -1.09. The number of methoxy groups -OCH3 is 1. The smallest absolute Gasteiger partial charge is 0.407 e. The Morgan fingerprint density at radius 1 is 0.889 bits per heavy atom. The Morgan fingerprint density at radius 3 is 1.93 bits per heavy atom. The van der Waals surface area contributed by atoms with Crippen LogP contribution < -0.4 is 10.6 Å². The minimum Gasteiger partial charge on any atom is -0.468 e. The monoisotopic (exact) mass is 388 g/mol. The third-order valence-electron chi connectivity index (χ3n) is 2.97. The van der Waals surface area contributed by atoms with Crippen molar-refractivity contribution in [2.75, 3.05) is 20.2 Å². The predicted molar refractivity (Wildman–Crippen MR) is 97.8 cm³/mol. The number of alkyl carbamates (subject to hydrolysis) is 1. The van der Waals surface area contributed by atoms with Gasteiger partial charge in [-0.05, 0) is 54.4 Å². The number of esters is 2. The molecule has 0 heterocycles. The van der Waals surface area contributed by atoms with Crippen molar-refractivity contribution in [2.45, 2.75) is 65.6 Å². The maximum absolute atomic E-state index is 12.2. The van der Waals surface area contributed by atoms with Crippen molar-refractivity contribution in [3.63, 3.8) is 0 Å². The summed E-state index contributed by atoms with van der Waals surface area (Å²) in [4.78, 5) is 47.3. The summed E-state index contributed by atoms with van der Waals surface area (Å²) in [7, 11) is 1.18. The molecule has 0 aromatic heterocycles. The standard InChI is InChI=1S/C18H32N2O7/c1-17(2,3)26-13(21)11-20-14(22)12(15(23)25-7)9-8-10-19-16(24)27-18(4,5)6/h12H,8-11H2,1-7H3,(H,19,24)(H,20,22). The fourth-order valence-electron chi connectivity index (χ4n) is 1.97. The van der Waals surface area contributed by atoms with Crippen LogP contribution >= 0.6 is 0 Å². The van der Waals surface area contributed by atoms with E-state index in [9.17, 15) is 19.2 Å². The largest absolute Gasteiger partial charge is 0.468 e. The van der Waals surface area contributed by atoms with Gasteiger partial charge in [0.25, 0.3) is 0 Å². The number of hydrogen-bond acceptors (Lipinski definition) is 7. The normalized spacial score (nSPS) is 12.6. The van der Waals surface area contributed by atoms with Crippen LogP contribution in [0.1, 0.15) is 54.4 Å². The summed E-state index contributed by atoms with van der Waals surface area (Å²) in [6.45, 7) is 10.2. The van der Waals surface area contributed by atoms with Crippen LogP contribution in [-0.2, 0) is 28.6 Å². The van der Waals surface area contributed by atoms with Crippen LogP contribution in [-0.4, -0.2) is 55.3 Å². The van der Waals surface area contributed by atoms with Gasteiger partial charge in [0.1, 0.15) is 23.7 Å². The lowest BCUT2D eigenvalue weighted by molar-refractivity contribution is -0.156. The molecule has 0 fully saturated rings. The summed E-state index contributed by atoms with van der Waals surface area (Å²) in [6, 6.07) is 0. The molecule has 0 bridgehead atoms. The highest BCUT2D eigenvalue weighted by Crippen LogP contribution is 2.10. The lowest BCUT2D eigenvalue weighted by atomic mass is 10.0. The fraction of sp³-hybridized carbons (Fsp3) is 0.778. The van der Waals surface area contributed by atoms with Crippen LogP contribution in [0.3, 0.4) is 0 Å². The van der Waals surface area contributed by atoms with Crippen molar-refractivity contribution < 1.29 is 33.4 Å². The van der Waals surface area contributed by atoms with E-state index >= 15 is 0 Å². The molecule has 1 unspecified atom stereocenters. The van der Waals surface area contributed by atoms with E-state index in [-0.39, 0.29) is 19.5 Å². The maximum atomic E-state index is 12.2. The van der Waals surface area contributed by atoms with Crippen molar-refractivity contribution in [2.24, 2.45) is 5.92 Å². The topological polar surface area (TPSA) is 120 Å². The molecular formula is C18H32N2O7. The lowest BCUT2D eigenvalue weighted by Gasteiger charge is -2.20. The summed E-state index contributed by atoms with van der Waals surface area (Å²) in [5.41, 5.74) is -1.28. The van der Waals surface area contributed by atoms with Gasteiger partial charge in [-0.3, -0.25) is 14.4 Å². The number of ether oxygens (including phenoxy) is 3. The van der Waals surface area contributed by atoms with Gasteiger partial charge in [0, 0.05) is 6.54 Å². The van der Waals surface area contributed by atoms with Crippen molar-refractivity contribution >= 4 is 23.9 Å². The second kappa shape index (κ2) is 10.7. The van der Waals surface area contributed by atoms with E-state index in [0.29, 0.717) is 6.42 Å². The number of nitrogens with one attached hydrogen (secondary N) is 2. The molecule has 156 valence electrons. The minimum absolute atomic E-state index is 0.141. The van der Waals surface area contributed by atoms with Crippen LogP contribution in [0.25, 0.3) is 0 Å². The fourth-order valence-corrected chi connectivity index (χ4v) is 1.97. The zero-order valence-electron chi connectivity index (χ0n) is 17.3. The van der Waals surface area contributed by atoms with Gasteiger partial charge in [-0.15, -0.1) is 0 Å². The van der Waals surface area contributed by atoms with Gasteiger partial charge >= 0.3 is 18.0 Å². The molecule has 1 atom stereocenters. The Kier molecular flexibility index (Phi) is 9.82. The first-order valence-corrected chi connectivity index (χ1v) is 8.79. The van der Waals surface area contributed by atoms with Crippen LogP contribution in [0.5, 0.6) is 0 Å². The molecule has 0 saturated heterocycles. The molecule has 0 saturated carbocycles. The molecule has 0 aliphatic rings.